The van der Waals surface area contributed by atoms with Gasteiger partial charge in [-0.1, -0.05) is 42.5 Å². The lowest BCUT2D eigenvalue weighted by Gasteiger charge is -2.31. The number of oxazole rings is 1. The maximum Gasteiger partial charge on any atom is 0.314 e. The quantitative estimate of drug-likeness (QED) is 0.500. The Hall–Kier alpha value is -2.70. The minimum atomic E-state index is -2.10. The van der Waals surface area contributed by atoms with Crippen molar-refractivity contribution in [3.05, 3.63) is 66.1 Å². The molecular formula is C22H26N2O4. The van der Waals surface area contributed by atoms with Gasteiger partial charge in [0, 0.05) is 0 Å². The molecule has 148 valence electrons. The van der Waals surface area contributed by atoms with Crippen molar-refractivity contribution in [2.24, 2.45) is 11.7 Å². The standard InChI is InChI=1S/C22H26N2O4/c1-21(2,3)28-19(25)16(14-13-15-9-5-4-6-10-15)22(23,26)20-24-17-11-7-8-12-18(17)27-20/h4-12,16,26H,13-14,23H2,1-3H3/t16?,22-/m0/s1. The highest BCUT2D eigenvalue weighted by atomic mass is 16.6. The Kier molecular flexibility index (Phi) is 5.54. The zero-order chi connectivity index (χ0) is 20.4. The van der Waals surface area contributed by atoms with Crippen molar-refractivity contribution < 1.29 is 19.1 Å². The fourth-order valence-corrected chi connectivity index (χ4v) is 3.04. The first-order chi connectivity index (χ1) is 13.2. The van der Waals surface area contributed by atoms with Gasteiger partial charge in [-0.25, -0.2) is 4.98 Å². The Morgan fingerprint density at radius 1 is 1.14 bits per heavy atom. The van der Waals surface area contributed by atoms with Crippen LogP contribution in [0.25, 0.3) is 11.1 Å². The molecule has 28 heavy (non-hydrogen) atoms. The molecule has 2 atom stereocenters. The molecule has 1 unspecified atom stereocenters. The number of benzene rings is 2. The average molecular weight is 382 g/mol. The van der Waals surface area contributed by atoms with E-state index in [4.69, 9.17) is 14.9 Å². The molecule has 0 amide bonds. The van der Waals surface area contributed by atoms with Crippen LogP contribution < -0.4 is 5.73 Å². The molecule has 0 spiro atoms. The summed E-state index contributed by atoms with van der Waals surface area (Å²) in [5, 5.41) is 11.1. The smallest absolute Gasteiger partial charge is 0.314 e. The number of para-hydroxylation sites is 2. The van der Waals surface area contributed by atoms with E-state index in [9.17, 15) is 9.90 Å². The number of ether oxygens (including phenoxy) is 1. The van der Waals surface area contributed by atoms with Gasteiger partial charge in [-0.15, -0.1) is 0 Å². The highest BCUT2D eigenvalue weighted by Crippen LogP contribution is 2.32. The summed E-state index contributed by atoms with van der Waals surface area (Å²) in [6.45, 7) is 5.32. The van der Waals surface area contributed by atoms with Gasteiger partial charge < -0.3 is 14.3 Å². The number of hydrogen-bond donors (Lipinski definition) is 2. The lowest BCUT2D eigenvalue weighted by Crippen LogP contribution is -2.49. The zero-order valence-corrected chi connectivity index (χ0v) is 16.4. The summed E-state index contributed by atoms with van der Waals surface area (Å²) in [5.41, 5.74) is 5.51. The summed E-state index contributed by atoms with van der Waals surface area (Å²) < 4.78 is 11.2. The normalized spacial score (nSPS) is 15.2. The number of aryl methyl sites for hydroxylation is 1. The second-order valence-corrected chi connectivity index (χ2v) is 7.92. The SMILES string of the molecule is CC(C)(C)OC(=O)C(CCc1ccccc1)[C@](N)(O)c1nc2ccccc2o1. The first-order valence-corrected chi connectivity index (χ1v) is 9.31. The molecule has 3 rings (SSSR count). The molecule has 0 aliphatic carbocycles. The van der Waals surface area contributed by atoms with Crippen LogP contribution in [0.2, 0.25) is 0 Å². The van der Waals surface area contributed by atoms with E-state index in [1.54, 1.807) is 39.0 Å². The summed E-state index contributed by atoms with van der Waals surface area (Å²) in [6.07, 6.45) is 0.829. The lowest BCUT2D eigenvalue weighted by molar-refractivity contribution is -0.173. The number of fused-ring (bicyclic) bond motifs is 1. The molecule has 1 heterocycles. The Bertz CT molecular complexity index is 909. The molecule has 6 heteroatoms. The van der Waals surface area contributed by atoms with Crippen molar-refractivity contribution in [2.45, 2.75) is 44.9 Å². The van der Waals surface area contributed by atoms with E-state index < -0.39 is 23.2 Å². The fraction of sp³-hybridized carbons (Fsp3) is 0.364. The predicted octanol–water partition coefficient (Wildman–Crippen LogP) is 3.52. The van der Waals surface area contributed by atoms with Crippen LogP contribution in [0.15, 0.2) is 59.0 Å². The van der Waals surface area contributed by atoms with Crippen LogP contribution in [0.3, 0.4) is 0 Å². The van der Waals surface area contributed by atoms with Gasteiger partial charge in [0.1, 0.15) is 17.0 Å². The lowest BCUT2D eigenvalue weighted by atomic mass is 9.89. The van der Waals surface area contributed by atoms with Gasteiger partial charge in [0.05, 0.1) is 0 Å². The Balaban J connectivity index is 1.91. The highest BCUT2D eigenvalue weighted by Gasteiger charge is 2.45. The molecule has 0 radical (unpaired) electrons. The van der Waals surface area contributed by atoms with E-state index in [0.29, 0.717) is 17.5 Å². The first kappa shape index (κ1) is 20.0. The number of carbonyl (C=O) groups excluding carboxylic acids is 1. The molecule has 0 fully saturated rings. The van der Waals surface area contributed by atoms with Crippen molar-refractivity contribution in [3.63, 3.8) is 0 Å². The third-order valence-corrected chi connectivity index (χ3v) is 4.42. The van der Waals surface area contributed by atoms with Crippen LogP contribution in [-0.4, -0.2) is 21.7 Å². The molecule has 0 saturated heterocycles. The molecular weight excluding hydrogens is 356 g/mol. The highest BCUT2D eigenvalue weighted by molar-refractivity contribution is 5.75. The van der Waals surface area contributed by atoms with Crippen molar-refractivity contribution in [3.8, 4) is 0 Å². The number of aromatic nitrogens is 1. The Labute approximate surface area is 164 Å². The van der Waals surface area contributed by atoms with Crippen LogP contribution in [0.4, 0.5) is 0 Å². The summed E-state index contributed by atoms with van der Waals surface area (Å²) >= 11 is 0. The second kappa shape index (κ2) is 7.73. The predicted molar refractivity (Wildman–Crippen MR) is 106 cm³/mol. The van der Waals surface area contributed by atoms with Gasteiger partial charge in [-0.05, 0) is 51.3 Å². The third kappa shape index (κ3) is 4.58. The van der Waals surface area contributed by atoms with Crippen LogP contribution >= 0.6 is 0 Å². The molecule has 0 aliphatic heterocycles. The molecule has 6 nitrogen and oxygen atoms in total. The fourth-order valence-electron chi connectivity index (χ4n) is 3.04. The molecule has 2 aromatic carbocycles. The maximum absolute atomic E-state index is 12.9. The number of esters is 1. The van der Waals surface area contributed by atoms with Crippen molar-refractivity contribution in [2.75, 3.05) is 0 Å². The average Bonchev–Trinajstić information content (AvgIpc) is 3.06. The number of nitrogens with two attached hydrogens (primary N) is 1. The third-order valence-electron chi connectivity index (χ3n) is 4.42. The van der Waals surface area contributed by atoms with Gasteiger partial charge in [0.15, 0.2) is 5.58 Å². The van der Waals surface area contributed by atoms with E-state index in [1.807, 2.05) is 36.4 Å². The maximum atomic E-state index is 12.9. The number of rotatable bonds is 6. The molecule has 3 aromatic rings. The van der Waals surface area contributed by atoms with Gasteiger partial charge in [0.25, 0.3) is 0 Å². The number of hydrogen-bond acceptors (Lipinski definition) is 6. The molecule has 0 bridgehead atoms. The van der Waals surface area contributed by atoms with Crippen LogP contribution in [0.5, 0.6) is 0 Å². The number of nitrogens with zero attached hydrogens (tertiary/aromatic N) is 1. The Morgan fingerprint density at radius 2 is 1.79 bits per heavy atom. The molecule has 1 aromatic heterocycles. The van der Waals surface area contributed by atoms with E-state index in [-0.39, 0.29) is 12.3 Å². The van der Waals surface area contributed by atoms with E-state index in [2.05, 4.69) is 4.98 Å². The Morgan fingerprint density at radius 3 is 2.43 bits per heavy atom. The summed E-state index contributed by atoms with van der Waals surface area (Å²) in [6, 6.07) is 16.8. The summed E-state index contributed by atoms with van der Waals surface area (Å²) in [7, 11) is 0. The topological polar surface area (TPSA) is 98.6 Å². The zero-order valence-electron chi connectivity index (χ0n) is 16.4. The van der Waals surface area contributed by atoms with Crippen molar-refractivity contribution in [1.82, 2.24) is 4.98 Å². The van der Waals surface area contributed by atoms with Gasteiger partial charge in [-0.3, -0.25) is 10.5 Å². The number of aliphatic hydroxyl groups is 1. The van der Waals surface area contributed by atoms with Crippen LogP contribution in [-0.2, 0) is 21.7 Å². The largest absolute Gasteiger partial charge is 0.460 e. The minimum Gasteiger partial charge on any atom is -0.460 e. The summed E-state index contributed by atoms with van der Waals surface area (Å²) in [5.74, 6) is -1.73. The monoisotopic (exact) mass is 382 g/mol. The van der Waals surface area contributed by atoms with Gasteiger partial charge >= 0.3 is 5.97 Å². The van der Waals surface area contributed by atoms with Gasteiger partial charge in [0.2, 0.25) is 11.6 Å². The second-order valence-electron chi connectivity index (χ2n) is 7.92. The van der Waals surface area contributed by atoms with E-state index in [1.165, 1.54) is 0 Å². The molecule has 0 aliphatic rings. The molecule has 3 N–H and O–H groups in total. The van der Waals surface area contributed by atoms with Crippen LogP contribution in [0.1, 0.15) is 38.6 Å². The minimum absolute atomic E-state index is 0.0994. The van der Waals surface area contributed by atoms with E-state index >= 15 is 0 Å². The van der Waals surface area contributed by atoms with E-state index in [0.717, 1.165) is 5.56 Å². The van der Waals surface area contributed by atoms with Crippen molar-refractivity contribution >= 4 is 17.1 Å². The van der Waals surface area contributed by atoms with Crippen LogP contribution in [0, 0.1) is 5.92 Å². The number of carbonyl (C=O) groups is 1. The van der Waals surface area contributed by atoms with Gasteiger partial charge in [-0.2, -0.15) is 0 Å². The first-order valence-electron chi connectivity index (χ1n) is 9.31. The molecule has 0 saturated carbocycles. The van der Waals surface area contributed by atoms with Crippen molar-refractivity contribution in [1.29, 1.82) is 0 Å². The summed E-state index contributed by atoms with van der Waals surface area (Å²) in [4.78, 5) is 17.2.